The zero-order valence-electron chi connectivity index (χ0n) is 18.9. The molecule has 0 saturated carbocycles. The maximum absolute atomic E-state index is 9.19. The molecular weight excluding hydrogens is 476 g/mol. The van der Waals surface area contributed by atoms with Crippen molar-refractivity contribution >= 4 is 31.0 Å². The monoisotopic (exact) mass is 502 g/mol. The zero-order valence-corrected chi connectivity index (χ0v) is 20.6. The minimum atomic E-state index is -3.67. The predicted octanol–water partition coefficient (Wildman–Crippen LogP) is 2.64. The number of aryl methyl sites for hydroxylation is 1. The molecule has 3 aromatic rings. The molecular formula is C20H26N2O9S2. The van der Waals surface area contributed by atoms with Gasteiger partial charge in [-0.2, -0.15) is 16.8 Å². The third-order valence-corrected chi connectivity index (χ3v) is 3.77. The Kier molecular flexibility index (Phi) is 9.98. The number of methoxy groups -OCH3 is 3. The van der Waals surface area contributed by atoms with Gasteiger partial charge in [0.1, 0.15) is 0 Å². The first-order chi connectivity index (χ1) is 15.2. The van der Waals surface area contributed by atoms with Crippen molar-refractivity contribution in [3.8, 4) is 28.6 Å². The topological polar surface area (TPSA) is 162 Å². The van der Waals surface area contributed by atoms with Gasteiger partial charge >= 0.3 is 0 Å². The molecule has 0 radical (unpaired) electrons. The first kappa shape index (κ1) is 28.0. The van der Waals surface area contributed by atoms with Crippen LogP contribution in [0.15, 0.2) is 36.5 Å². The van der Waals surface area contributed by atoms with E-state index in [4.69, 9.17) is 23.3 Å². The molecule has 0 spiro atoms. The maximum atomic E-state index is 9.19. The second-order valence-corrected chi connectivity index (χ2v) is 9.51. The Morgan fingerprint density at radius 2 is 1.33 bits per heavy atom. The summed E-state index contributed by atoms with van der Waals surface area (Å²) in [7, 11) is -2.48. The highest BCUT2D eigenvalue weighted by Crippen LogP contribution is 2.34. The van der Waals surface area contributed by atoms with E-state index in [2.05, 4.69) is 9.97 Å². The van der Waals surface area contributed by atoms with Gasteiger partial charge in [-0.3, -0.25) is 14.1 Å². The lowest BCUT2D eigenvalue weighted by Gasteiger charge is -2.12. The van der Waals surface area contributed by atoms with E-state index in [1.165, 1.54) is 0 Å². The molecule has 0 amide bonds. The first-order valence-corrected chi connectivity index (χ1v) is 12.7. The average molecular weight is 503 g/mol. The van der Waals surface area contributed by atoms with Crippen molar-refractivity contribution in [2.75, 3.05) is 33.8 Å². The van der Waals surface area contributed by atoms with Crippen LogP contribution in [0.4, 0.5) is 0 Å². The molecule has 0 aliphatic carbocycles. The molecule has 0 saturated heterocycles. The van der Waals surface area contributed by atoms with E-state index in [1.54, 1.807) is 27.5 Å². The summed E-state index contributed by atoms with van der Waals surface area (Å²) in [6.07, 6.45) is 3.19. The summed E-state index contributed by atoms with van der Waals surface area (Å²) < 4.78 is 67.6. The van der Waals surface area contributed by atoms with Gasteiger partial charge in [-0.15, -0.1) is 0 Å². The number of hydrogen-bond acceptors (Lipinski definition) is 9. The molecule has 11 nitrogen and oxygen atoms in total. The molecule has 0 bridgehead atoms. The van der Waals surface area contributed by atoms with Crippen LogP contribution in [-0.4, -0.2) is 69.7 Å². The van der Waals surface area contributed by atoms with Gasteiger partial charge < -0.3 is 14.2 Å². The van der Waals surface area contributed by atoms with E-state index >= 15 is 0 Å². The minimum Gasteiger partial charge on any atom is -0.493 e. The fraction of sp³-hybridized carbons (Fsp3) is 0.300. The van der Waals surface area contributed by atoms with E-state index in [0.29, 0.717) is 29.9 Å². The Morgan fingerprint density at radius 3 is 1.76 bits per heavy atom. The zero-order chi connectivity index (χ0) is 25.4. The SMILES string of the molecule is COc1ccc(-c2cc3cc(OC)c(OC)cc3c(C)n2)cn1.CS(=O)(=O)O.CS(=O)(=O)O. The summed E-state index contributed by atoms with van der Waals surface area (Å²) in [5.74, 6) is 1.98. The number of benzene rings is 1. The molecule has 0 aliphatic heterocycles. The third kappa shape index (κ3) is 10.4. The Labute approximate surface area is 192 Å². The van der Waals surface area contributed by atoms with Crippen LogP contribution in [0.1, 0.15) is 5.69 Å². The second-order valence-electron chi connectivity index (χ2n) is 6.58. The number of pyridine rings is 2. The predicted molar refractivity (Wildman–Crippen MR) is 124 cm³/mol. The van der Waals surface area contributed by atoms with Crippen LogP contribution in [0.3, 0.4) is 0 Å². The van der Waals surface area contributed by atoms with Crippen molar-refractivity contribution < 1.29 is 40.2 Å². The van der Waals surface area contributed by atoms with Gasteiger partial charge in [0.05, 0.1) is 39.5 Å². The van der Waals surface area contributed by atoms with Crippen LogP contribution in [0.5, 0.6) is 17.4 Å². The van der Waals surface area contributed by atoms with E-state index in [0.717, 1.165) is 27.7 Å². The highest BCUT2D eigenvalue weighted by atomic mass is 32.2. The lowest BCUT2D eigenvalue weighted by Crippen LogP contribution is -1.94. The Balaban J connectivity index is 0.000000460. The summed E-state index contributed by atoms with van der Waals surface area (Å²) in [5.41, 5.74) is 2.72. The van der Waals surface area contributed by atoms with Crippen LogP contribution in [0.25, 0.3) is 22.0 Å². The molecule has 182 valence electrons. The normalized spacial score (nSPS) is 10.9. The third-order valence-electron chi connectivity index (χ3n) is 3.77. The van der Waals surface area contributed by atoms with Crippen molar-refractivity contribution in [1.82, 2.24) is 9.97 Å². The van der Waals surface area contributed by atoms with Gasteiger partial charge in [0, 0.05) is 28.9 Å². The molecule has 13 heteroatoms. The number of aromatic nitrogens is 2. The van der Waals surface area contributed by atoms with E-state index in [9.17, 15) is 16.8 Å². The molecule has 0 atom stereocenters. The number of ether oxygens (including phenoxy) is 3. The fourth-order valence-electron chi connectivity index (χ4n) is 2.55. The summed E-state index contributed by atoms with van der Waals surface area (Å²) in [4.78, 5) is 8.92. The van der Waals surface area contributed by atoms with Crippen LogP contribution < -0.4 is 14.2 Å². The van der Waals surface area contributed by atoms with Crippen LogP contribution >= 0.6 is 0 Å². The molecule has 1 aromatic carbocycles. The highest BCUT2D eigenvalue weighted by molar-refractivity contribution is 7.85. The quantitative estimate of drug-likeness (QED) is 0.504. The van der Waals surface area contributed by atoms with E-state index in [-0.39, 0.29) is 0 Å². The summed E-state index contributed by atoms with van der Waals surface area (Å²) in [6, 6.07) is 9.70. The van der Waals surface area contributed by atoms with Gasteiger partial charge in [-0.05, 0) is 36.6 Å². The van der Waals surface area contributed by atoms with Crippen LogP contribution in [0, 0.1) is 6.92 Å². The minimum absolute atomic E-state index is 0.581. The first-order valence-electron chi connectivity index (χ1n) is 9.05. The molecule has 33 heavy (non-hydrogen) atoms. The maximum Gasteiger partial charge on any atom is 0.261 e. The molecule has 0 fully saturated rings. The van der Waals surface area contributed by atoms with Gasteiger partial charge in [-0.1, -0.05) is 0 Å². The molecule has 2 heterocycles. The second kappa shape index (κ2) is 11.7. The Hall–Kier alpha value is -3.00. The smallest absolute Gasteiger partial charge is 0.261 e. The van der Waals surface area contributed by atoms with Crippen molar-refractivity contribution in [2.24, 2.45) is 0 Å². The lowest BCUT2D eigenvalue weighted by atomic mass is 10.1. The Bertz CT molecular complexity index is 1250. The fourth-order valence-corrected chi connectivity index (χ4v) is 2.55. The number of nitrogens with zero attached hydrogens (tertiary/aromatic N) is 2. The number of rotatable bonds is 4. The summed E-state index contributed by atoms with van der Waals surface area (Å²) >= 11 is 0. The molecule has 0 aliphatic rings. The summed E-state index contributed by atoms with van der Waals surface area (Å²) in [5, 5.41) is 2.08. The number of fused-ring (bicyclic) bond motifs is 1. The van der Waals surface area contributed by atoms with E-state index in [1.807, 2.05) is 37.3 Å². The Morgan fingerprint density at radius 1 is 0.818 bits per heavy atom. The average Bonchev–Trinajstić information content (AvgIpc) is 2.70. The molecule has 2 N–H and O–H groups in total. The molecule has 0 unspecified atom stereocenters. The number of hydrogen-bond donors (Lipinski definition) is 2. The van der Waals surface area contributed by atoms with Crippen LogP contribution in [-0.2, 0) is 20.2 Å². The summed E-state index contributed by atoms with van der Waals surface area (Å²) in [6.45, 7) is 1.98. The molecule has 3 rings (SSSR count). The van der Waals surface area contributed by atoms with Gasteiger partial charge in [-0.25, -0.2) is 4.98 Å². The van der Waals surface area contributed by atoms with Crippen molar-refractivity contribution in [1.29, 1.82) is 0 Å². The van der Waals surface area contributed by atoms with Crippen molar-refractivity contribution in [3.05, 3.63) is 42.2 Å². The van der Waals surface area contributed by atoms with Crippen molar-refractivity contribution in [3.63, 3.8) is 0 Å². The molecule has 2 aromatic heterocycles. The van der Waals surface area contributed by atoms with E-state index < -0.39 is 20.2 Å². The van der Waals surface area contributed by atoms with Crippen molar-refractivity contribution in [2.45, 2.75) is 6.92 Å². The highest BCUT2D eigenvalue weighted by Gasteiger charge is 2.11. The van der Waals surface area contributed by atoms with Gasteiger partial charge in [0.25, 0.3) is 20.2 Å². The largest absolute Gasteiger partial charge is 0.493 e. The standard InChI is InChI=1S/C18H18N2O3.2CH4O3S/c1-11-14-9-17(22-3)16(21-2)8-13(14)7-15(20-11)12-5-6-18(23-4)19-10-12;2*1-5(2,3)4/h5-10H,1-4H3;2*1H3,(H,2,3,4). The lowest BCUT2D eigenvalue weighted by molar-refractivity contribution is 0.356. The van der Waals surface area contributed by atoms with Crippen LogP contribution in [0.2, 0.25) is 0 Å². The van der Waals surface area contributed by atoms with Gasteiger partial charge in [0.15, 0.2) is 11.5 Å². The van der Waals surface area contributed by atoms with Gasteiger partial charge in [0.2, 0.25) is 5.88 Å².